The Balaban J connectivity index is 2.94. The highest BCUT2D eigenvalue weighted by atomic mass is 16.5. The lowest BCUT2D eigenvalue weighted by Crippen LogP contribution is -2.04. The normalized spacial score (nSPS) is 8.93. The molecule has 3 nitrogen and oxygen atoms in total. The molecule has 1 rings (SSSR count). The zero-order valence-corrected chi connectivity index (χ0v) is 8.83. The molecule has 0 aliphatic rings. The number of nitrogens with one attached hydrogen (secondary N) is 1. The van der Waals surface area contributed by atoms with Crippen LogP contribution in [-0.2, 0) is 0 Å². The van der Waals surface area contributed by atoms with Crippen LogP contribution in [0.15, 0.2) is 18.2 Å². The molecule has 15 heavy (non-hydrogen) atoms. The maximum atomic E-state index is 10.7. The molecule has 0 heterocycles. The Morgan fingerprint density at radius 1 is 1.53 bits per heavy atom. The number of hydrogen-bond donors (Lipinski definition) is 1. The van der Waals surface area contributed by atoms with Crippen molar-refractivity contribution in [2.24, 2.45) is 0 Å². The molecule has 0 aliphatic carbocycles. The molecule has 1 N–H and O–H groups in total. The van der Waals surface area contributed by atoms with E-state index in [1.165, 1.54) is 7.11 Å². The molecule has 0 unspecified atom stereocenters. The Bertz CT molecular complexity index is 402. The highest BCUT2D eigenvalue weighted by molar-refractivity contribution is 5.80. The Morgan fingerprint density at radius 3 is 2.93 bits per heavy atom. The van der Waals surface area contributed by atoms with Gasteiger partial charge in [-0.05, 0) is 25.2 Å². The lowest BCUT2D eigenvalue weighted by molar-refractivity contribution is 0.112. The summed E-state index contributed by atoms with van der Waals surface area (Å²) >= 11 is 0. The van der Waals surface area contributed by atoms with Crippen LogP contribution in [0.4, 0.5) is 0 Å². The molecule has 1 aromatic carbocycles. The molecule has 0 saturated carbocycles. The Labute approximate surface area is 89.4 Å². The van der Waals surface area contributed by atoms with Crippen LogP contribution >= 0.6 is 0 Å². The van der Waals surface area contributed by atoms with Crippen LogP contribution in [0.5, 0.6) is 5.75 Å². The first kappa shape index (κ1) is 11.3. The molecule has 0 aliphatic heterocycles. The minimum absolute atomic E-state index is 0.522. The van der Waals surface area contributed by atoms with E-state index in [0.29, 0.717) is 17.9 Å². The third-order valence-corrected chi connectivity index (χ3v) is 1.85. The van der Waals surface area contributed by atoms with Gasteiger partial charge in [0.25, 0.3) is 0 Å². The largest absolute Gasteiger partial charge is 0.496 e. The third kappa shape index (κ3) is 3.12. The van der Waals surface area contributed by atoms with E-state index in [4.69, 9.17) is 4.74 Å². The molecule has 0 saturated heterocycles. The van der Waals surface area contributed by atoms with Crippen LogP contribution in [0.1, 0.15) is 15.9 Å². The molecule has 0 radical (unpaired) electrons. The van der Waals surface area contributed by atoms with Crippen molar-refractivity contribution in [3.8, 4) is 17.6 Å². The van der Waals surface area contributed by atoms with Gasteiger partial charge in [0.2, 0.25) is 0 Å². The fourth-order valence-electron chi connectivity index (χ4n) is 1.14. The maximum Gasteiger partial charge on any atom is 0.153 e. The lowest BCUT2D eigenvalue weighted by Gasteiger charge is -2.02. The molecule has 1 aromatic rings. The number of methoxy groups -OCH3 is 1. The highest BCUT2D eigenvalue weighted by Gasteiger charge is 2.01. The van der Waals surface area contributed by atoms with Crippen molar-refractivity contribution in [3.63, 3.8) is 0 Å². The van der Waals surface area contributed by atoms with E-state index >= 15 is 0 Å². The zero-order chi connectivity index (χ0) is 11.1. The third-order valence-electron chi connectivity index (χ3n) is 1.85. The smallest absolute Gasteiger partial charge is 0.153 e. The van der Waals surface area contributed by atoms with Crippen molar-refractivity contribution in [3.05, 3.63) is 29.3 Å². The average molecular weight is 203 g/mol. The van der Waals surface area contributed by atoms with E-state index in [1.807, 2.05) is 13.1 Å². The Morgan fingerprint density at radius 2 is 2.33 bits per heavy atom. The summed E-state index contributed by atoms with van der Waals surface area (Å²) in [6.07, 6.45) is 0.766. The number of ether oxygens (including phenoxy) is 1. The van der Waals surface area contributed by atoms with Gasteiger partial charge in [0.1, 0.15) is 5.75 Å². The van der Waals surface area contributed by atoms with Crippen molar-refractivity contribution in [1.82, 2.24) is 5.32 Å². The van der Waals surface area contributed by atoms with Crippen molar-refractivity contribution in [1.29, 1.82) is 0 Å². The Hall–Kier alpha value is -1.79. The quantitative estimate of drug-likeness (QED) is 0.590. The molecular weight excluding hydrogens is 190 g/mol. The van der Waals surface area contributed by atoms with Gasteiger partial charge in [-0.2, -0.15) is 0 Å². The standard InChI is InChI=1S/C12H13NO2/c1-13-7-3-4-10-5-6-12(15-2)11(8-10)9-14/h5-6,8-9,13H,7H2,1-2H3. The minimum atomic E-state index is 0.522. The van der Waals surface area contributed by atoms with E-state index in [1.54, 1.807) is 12.1 Å². The molecule has 0 aromatic heterocycles. The number of benzene rings is 1. The number of hydrogen-bond acceptors (Lipinski definition) is 3. The van der Waals surface area contributed by atoms with E-state index in [9.17, 15) is 4.79 Å². The SMILES string of the molecule is CNCC#Cc1ccc(OC)c(C=O)c1. The van der Waals surface area contributed by atoms with Gasteiger partial charge in [0, 0.05) is 5.56 Å². The van der Waals surface area contributed by atoms with Crippen LogP contribution in [0, 0.1) is 11.8 Å². The topological polar surface area (TPSA) is 38.3 Å². The second kappa shape index (κ2) is 5.84. The summed E-state index contributed by atoms with van der Waals surface area (Å²) < 4.78 is 5.03. The van der Waals surface area contributed by atoms with E-state index in [-0.39, 0.29) is 0 Å². The molecule has 0 amide bonds. The summed E-state index contributed by atoms with van der Waals surface area (Å²) in [6, 6.07) is 5.29. The van der Waals surface area contributed by atoms with Gasteiger partial charge in [-0.3, -0.25) is 4.79 Å². The van der Waals surface area contributed by atoms with Gasteiger partial charge in [0.15, 0.2) is 6.29 Å². The Kier molecular flexibility index (Phi) is 4.39. The van der Waals surface area contributed by atoms with Crippen LogP contribution in [0.2, 0.25) is 0 Å². The fourth-order valence-corrected chi connectivity index (χ4v) is 1.14. The van der Waals surface area contributed by atoms with Crippen molar-refractivity contribution >= 4 is 6.29 Å². The van der Waals surface area contributed by atoms with E-state index in [0.717, 1.165) is 11.8 Å². The summed E-state index contributed by atoms with van der Waals surface area (Å²) in [5.41, 5.74) is 1.34. The summed E-state index contributed by atoms with van der Waals surface area (Å²) in [5.74, 6) is 6.44. The van der Waals surface area contributed by atoms with Gasteiger partial charge < -0.3 is 10.1 Å². The monoisotopic (exact) mass is 203 g/mol. The second-order valence-electron chi connectivity index (χ2n) is 2.91. The van der Waals surface area contributed by atoms with Crippen molar-refractivity contribution < 1.29 is 9.53 Å². The predicted molar refractivity (Wildman–Crippen MR) is 59.2 cm³/mol. The number of aldehydes is 1. The van der Waals surface area contributed by atoms with Gasteiger partial charge in [-0.1, -0.05) is 11.8 Å². The van der Waals surface area contributed by atoms with Gasteiger partial charge >= 0.3 is 0 Å². The zero-order valence-electron chi connectivity index (χ0n) is 8.83. The van der Waals surface area contributed by atoms with E-state index in [2.05, 4.69) is 17.2 Å². The van der Waals surface area contributed by atoms with Gasteiger partial charge in [-0.15, -0.1) is 0 Å². The van der Waals surface area contributed by atoms with Crippen LogP contribution in [0.25, 0.3) is 0 Å². The summed E-state index contributed by atoms with van der Waals surface area (Å²) in [6.45, 7) is 0.627. The van der Waals surface area contributed by atoms with Crippen molar-refractivity contribution in [2.75, 3.05) is 20.7 Å². The van der Waals surface area contributed by atoms with Gasteiger partial charge in [-0.25, -0.2) is 0 Å². The fraction of sp³-hybridized carbons (Fsp3) is 0.250. The highest BCUT2D eigenvalue weighted by Crippen LogP contribution is 2.17. The van der Waals surface area contributed by atoms with Crippen LogP contribution in [0.3, 0.4) is 0 Å². The molecule has 0 atom stereocenters. The summed E-state index contributed by atoms with van der Waals surface area (Å²) in [5, 5.41) is 2.92. The maximum absolute atomic E-state index is 10.7. The van der Waals surface area contributed by atoms with Crippen LogP contribution < -0.4 is 10.1 Å². The summed E-state index contributed by atoms with van der Waals surface area (Å²) in [7, 11) is 3.37. The molecule has 0 spiro atoms. The van der Waals surface area contributed by atoms with Crippen molar-refractivity contribution in [2.45, 2.75) is 0 Å². The molecule has 78 valence electrons. The predicted octanol–water partition coefficient (Wildman–Crippen LogP) is 1.08. The number of carbonyl (C=O) groups excluding carboxylic acids is 1. The molecular formula is C12H13NO2. The first-order valence-electron chi connectivity index (χ1n) is 4.58. The van der Waals surface area contributed by atoms with Crippen LogP contribution in [-0.4, -0.2) is 27.0 Å². The number of rotatable bonds is 3. The molecule has 0 bridgehead atoms. The average Bonchev–Trinajstić information content (AvgIpc) is 2.29. The second-order valence-corrected chi connectivity index (χ2v) is 2.91. The van der Waals surface area contributed by atoms with Gasteiger partial charge in [0.05, 0.1) is 19.2 Å². The lowest BCUT2D eigenvalue weighted by atomic mass is 10.1. The first-order valence-corrected chi connectivity index (χ1v) is 4.58. The summed E-state index contributed by atoms with van der Waals surface area (Å²) in [4.78, 5) is 10.7. The van der Waals surface area contributed by atoms with E-state index < -0.39 is 0 Å². The number of carbonyl (C=O) groups is 1. The molecule has 0 fully saturated rings. The molecule has 3 heteroatoms. The first-order chi connectivity index (χ1) is 7.31. The minimum Gasteiger partial charge on any atom is -0.496 e.